The first kappa shape index (κ1) is 27.1. The first-order valence-electron chi connectivity index (χ1n) is 14.3. The molecule has 14 nitrogen and oxygen atoms in total. The Bertz CT molecular complexity index is 1200. The van der Waals surface area contributed by atoms with Gasteiger partial charge in [-0.3, -0.25) is 40.0 Å². The van der Waals surface area contributed by atoms with Crippen molar-refractivity contribution in [2.75, 3.05) is 20.0 Å². The van der Waals surface area contributed by atoms with Crippen molar-refractivity contribution in [3.8, 4) is 0 Å². The first-order chi connectivity index (χ1) is 20.0. The Morgan fingerprint density at radius 1 is 0.610 bits per heavy atom. The minimum atomic E-state index is -0.417. The quantitative estimate of drug-likeness (QED) is 0.218. The zero-order valence-corrected chi connectivity index (χ0v) is 22.8. The lowest BCUT2D eigenvalue weighted by Gasteiger charge is -2.35. The Hall–Kier alpha value is -4.04. The molecule has 2 aromatic carbocycles. The molecule has 2 saturated heterocycles. The summed E-state index contributed by atoms with van der Waals surface area (Å²) in [6.45, 7) is 2.18. The van der Waals surface area contributed by atoms with Crippen LogP contribution in [0.5, 0.6) is 0 Å². The van der Waals surface area contributed by atoms with Crippen LogP contribution in [-0.2, 0) is 0 Å². The number of hydrogen-bond acceptors (Lipinski definition) is 10. The predicted molar refractivity (Wildman–Crippen MR) is 149 cm³/mol. The zero-order chi connectivity index (χ0) is 28.3. The Labute approximate surface area is 237 Å². The number of non-ortho nitro benzene ring substituents is 2. The molecule has 2 saturated carbocycles. The fourth-order valence-corrected chi connectivity index (χ4v) is 6.74. The number of nitro benzene ring substituents is 2. The van der Waals surface area contributed by atoms with Crippen LogP contribution in [0.3, 0.4) is 0 Å². The Kier molecular flexibility index (Phi) is 7.83. The number of rotatable bonds is 8. The van der Waals surface area contributed by atoms with Gasteiger partial charge in [-0.25, -0.2) is 0 Å². The number of nitro groups is 2. The second-order valence-electron chi connectivity index (χ2n) is 11.2. The van der Waals surface area contributed by atoms with Gasteiger partial charge in [0.1, 0.15) is 0 Å². The van der Waals surface area contributed by atoms with E-state index in [2.05, 4.69) is 40.5 Å². The largest absolute Gasteiger partial charge is 0.269 e. The number of nitrogens with zero attached hydrogens (tertiary/aromatic N) is 10. The molecule has 4 aliphatic rings. The van der Waals surface area contributed by atoms with E-state index >= 15 is 0 Å². The summed E-state index contributed by atoms with van der Waals surface area (Å²) in [5.41, 5.74) is 1.27. The van der Waals surface area contributed by atoms with Crippen molar-refractivity contribution in [3.63, 3.8) is 0 Å². The molecule has 216 valence electrons. The van der Waals surface area contributed by atoms with Crippen LogP contribution in [0, 0.1) is 20.2 Å². The van der Waals surface area contributed by atoms with Gasteiger partial charge in [-0.05, 0) is 49.9 Å². The van der Waals surface area contributed by atoms with E-state index in [-0.39, 0.29) is 11.4 Å². The van der Waals surface area contributed by atoms with E-state index in [0.717, 1.165) is 32.4 Å². The standard InChI is InChI=1S/C27H34N10O4/c38-36(39)22-13-9-20(10-14-22)28-30-34-18-32(24-5-1-3-7-26(24)34)17-33-19-35(27-8-4-2-6-25(27)33)31-29-21-11-15-23(16-12-21)37(40)41/h9-16,24-27H,1-8,17-19H2. The molecule has 0 radical (unpaired) electrons. The fourth-order valence-electron chi connectivity index (χ4n) is 6.74. The minimum absolute atomic E-state index is 0.0385. The van der Waals surface area contributed by atoms with Gasteiger partial charge in [0.15, 0.2) is 0 Å². The van der Waals surface area contributed by atoms with Crippen LogP contribution in [0.15, 0.2) is 69.2 Å². The van der Waals surface area contributed by atoms with Crippen molar-refractivity contribution in [3.05, 3.63) is 68.8 Å². The van der Waals surface area contributed by atoms with Crippen molar-refractivity contribution in [2.45, 2.75) is 75.5 Å². The summed E-state index contributed by atoms with van der Waals surface area (Å²) in [6, 6.07) is 13.7. The normalized spacial score (nSPS) is 27.0. The van der Waals surface area contributed by atoms with Crippen LogP contribution in [0.4, 0.5) is 22.7 Å². The van der Waals surface area contributed by atoms with E-state index in [1.54, 1.807) is 24.3 Å². The molecule has 2 aliphatic heterocycles. The summed E-state index contributed by atoms with van der Waals surface area (Å²) < 4.78 is 0. The third-order valence-electron chi connectivity index (χ3n) is 8.78. The van der Waals surface area contributed by atoms with Gasteiger partial charge in [-0.2, -0.15) is 0 Å². The third-order valence-corrected chi connectivity index (χ3v) is 8.78. The van der Waals surface area contributed by atoms with Gasteiger partial charge in [0.2, 0.25) is 0 Å². The summed E-state index contributed by atoms with van der Waals surface area (Å²) in [7, 11) is 0. The lowest BCUT2D eigenvalue weighted by Crippen LogP contribution is -2.47. The van der Waals surface area contributed by atoms with Gasteiger partial charge in [-0.15, -0.1) is 10.2 Å². The van der Waals surface area contributed by atoms with Gasteiger partial charge >= 0.3 is 0 Å². The third kappa shape index (κ3) is 5.88. The van der Waals surface area contributed by atoms with Crippen LogP contribution in [-0.4, -0.2) is 73.8 Å². The minimum Gasteiger partial charge on any atom is -0.266 e. The van der Waals surface area contributed by atoms with E-state index in [9.17, 15) is 20.2 Å². The second kappa shape index (κ2) is 11.8. The summed E-state index contributed by atoms with van der Waals surface area (Å²) in [6.07, 6.45) is 9.14. The van der Waals surface area contributed by atoms with Gasteiger partial charge < -0.3 is 0 Å². The van der Waals surface area contributed by atoms with Gasteiger partial charge in [0.05, 0.1) is 53.3 Å². The molecule has 0 aromatic heterocycles. The Morgan fingerprint density at radius 3 is 1.34 bits per heavy atom. The molecule has 2 aliphatic carbocycles. The molecule has 2 heterocycles. The molecule has 6 rings (SSSR count). The predicted octanol–water partition coefficient (Wildman–Crippen LogP) is 5.93. The van der Waals surface area contributed by atoms with Crippen molar-refractivity contribution in [2.24, 2.45) is 20.7 Å². The van der Waals surface area contributed by atoms with Crippen LogP contribution >= 0.6 is 0 Å². The smallest absolute Gasteiger partial charge is 0.266 e. The lowest BCUT2D eigenvalue weighted by molar-refractivity contribution is -0.385. The molecule has 0 bridgehead atoms. The molecule has 2 aromatic rings. The average molecular weight is 563 g/mol. The number of benzene rings is 2. The van der Waals surface area contributed by atoms with E-state index in [4.69, 9.17) is 0 Å². The molecule has 0 N–H and O–H groups in total. The molecule has 0 spiro atoms. The average Bonchev–Trinajstić information content (AvgIpc) is 3.53. The van der Waals surface area contributed by atoms with Crippen LogP contribution < -0.4 is 0 Å². The van der Waals surface area contributed by atoms with Crippen molar-refractivity contribution in [1.82, 2.24) is 19.8 Å². The maximum absolute atomic E-state index is 11.0. The Morgan fingerprint density at radius 2 is 0.976 bits per heavy atom. The summed E-state index contributed by atoms with van der Waals surface area (Å²) >= 11 is 0. The molecule has 4 fully saturated rings. The maximum atomic E-state index is 11.0. The molecular weight excluding hydrogens is 528 g/mol. The molecular formula is C27H34N10O4. The van der Waals surface area contributed by atoms with Crippen molar-refractivity contribution < 1.29 is 9.85 Å². The van der Waals surface area contributed by atoms with E-state index < -0.39 is 9.85 Å². The lowest BCUT2D eigenvalue weighted by atomic mass is 9.90. The van der Waals surface area contributed by atoms with Crippen LogP contribution in [0.25, 0.3) is 0 Å². The van der Waals surface area contributed by atoms with E-state index in [1.165, 1.54) is 49.9 Å². The van der Waals surface area contributed by atoms with Gasteiger partial charge in [-0.1, -0.05) is 36.1 Å². The molecule has 0 amide bonds. The van der Waals surface area contributed by atoms with Crippen LogP contribution in [0.2, 0.25) is 0 Å². The number of hydrogen-bond donors (Lipinski definition) is 0. The first-order valence-corrected chi connectivity index (χ1v) is 14.3. The van der Waals surface area contributed by atoms with E-state index in [1.807, 2.05) is 0 Å². The summed E-state index contributed by atoms with van der Waals surface area (Å²) in [5, 5.41) is 44.1. The topological polar surface area (TPSA) is 149 Å². The van der Waals surface area contributed by atoms with Crippen molar-refractivity contribution in [1.29, 1.82) is 0 Å². The van der Waals surface area contributed by atoms with Crippen LogP contribution in [0.1, 0.15) is 51.4 Å². The van der Waals surface area contributed by atoms with E-state index in [0.29, 0.717) is 48.9 Å². The van der Waals surface area contributed by atoms with Gasteiger partial charge in [0.25, 0.3) is 11.4 Å². The molecule has 4 atom stereocenters. The SMILES string of the molecule is O=[N+]([O-])c1ccc(N=NN2CN(CN3CN(N=Nc4ccc([N+](=O)[O-])cc4)C4CCCCC43)C3CCCCC32)cc1. The zero-order valence-electron chi connectivity index (χ0n) is 22.8. The number of fused-ring (bicyclic) bond motifs is 2. The molecule has 14 heteroatoms. The highest BCUT2D eigenvalue weighted by Gasteiger charge is 2.46. The summed E-state index contributed by atoms with van der Waals surface area (Å²) in [4.78, 5) is 26.1. The highest BCUT2D eigenvalue weighted by molar-refractivity contribution is 5.44. The fraction of sp³-hybridized carbons (Fsp3) is 0.556. The Balaban J connectivity index is 1.14. The highest BCUT2D eigenvalue weighted by Crippen LogP contribution is 2.37. The highest BCUT2D eigenvalue weighted by atomic mass is 16.6. The molecule has 41 heavy (non-hydrogen) atoms. The second-order valence-corrected chi connectivity index (χ2v) is 11.2. The molecule has 4 unspecified atom stereocenters. The summed E-state index contributed by atoms with van der Waals surface area (Å²) in [5.74, 6) is 0. The monoisotopic (exact) mass is 562 g/mol. The van der Waals surface area contributed by atoms with Gasteiger partial charge in [0, 0.05) is 36.3 Å². The van der Waals surface area contributed by atoms with Crippen molar-refractivity contribution >= 4 is 22.7 Å². The maximum Gasteiger partial charge on any atom is 0.269 e.